The Morgan fingerprint density at radius 2 is 1.70 bits per heavy atom. The van der Waals surface area contributed by atoms with Gasteiger partial charge in [0, 0.05) is 5.02 Å². The summed E-state index contributed by atoms with van der Waals surface area (Å²) in [6, 6.07) is 22.8. The molecule has 8 heteroatoms. The fraction of sp³-hybridized carbons (Fsp3) is 0.120. The van der Waals surface area contributed by atoms with Crippen LogP contribution < -0.4 is 5.56 Å². The molecule has 0 aliphatic heterocycles. The van der Waals surface area contributed by atoms with Crippen molar-refractivity contribution < 1.29 is 4.42 Å². The van der Waals surface area contributed by atoms with E-state index in [2.05, 4.69) is 10.2 Å². The van der Waals surface area contributed by atoms with Crippen LogP contribution in [0, 0.1) is 6.92 Å². The van der Waals surface area contributed by atoms with E-state index in [0.29, 0.717) is 50.7 Å². The Kier molecular flexibility index (Phi) is 5.98. The zero-order valence-corrected chi connectivity index (χ0v) is 19.3. The highest BCUT2D eigenvalue weighted by Gasteiger charge is 2.17. The van der Waals surface area contributed by atoms with Gasteiger partial charge in [-0.1, -0.05) is 71.9 Å². The third-order valence-electron chi connectivity index (χ3n) is 5.26. The van der Waals surface area contributed by atoms with E-state index in [-0.39, 0.29) is 5.56 Å². The zero-order valence-electron chi connectivity index (χ0n) is 17.7. The molecular formula is C25H19ClN4O2S. The van der Waals surface area contributed by atoms with Crippen molar-refractivity contribution in [3.05, 3.63) is 111 Å². The minimum absolute atomic E-state index is 0.149. The van der Waals surface area contributed by atoms with Crippen LogP contribution in [-0.4, -0.2) is 19.7 Å². The van der Waals surface area contributed by atoms with Crippen molar-refractivity contribution in [3.63, 3.8) is 0 Å². The van der Waals surface area contributed by atoms with Gasteiger partial charge in [0.15, 0.2) is 5.16 Å². The Balaban J connectivity index is 1.49. The SMILES string of the molecule is Cc1c(Cl)cccc1-n1c(SCc2nnc(Cc3ccccc3)o2)nc2ccccc2c1=O. The molecule has 0 aliphatic rings. The lowest BCUT2D eigenvalue weighted by atomic mass is 10.2. The van der Waals surface area contributed by atoms with Crippen molar-refractivity contribution in [1.82, 2.24) is 19.7 Å². The molecule has 164 valence electrons. The number of aromatic nitrogens is 4. The highest BCUT2D eigenvalue weighted by atomic mass is 35.5. The first-order chi connectivity index (χ1) is 16.1. The van der Waals surface area contributed by atoms with Crippen molar-refractivity contribution in [2.75, 3.05) is 0 Å². The Hall–Kier alpha value is -3.42. The summed E-state index contributed by atoms with van der Waals surface area (Å²) >= 11 is 7.72. The Morgan fingerprint density at radius 1 is 0.939 bits per heavy atom. The summed E-state index contributed by atoms with van der Waals surface area (Å²) in [4.78, 5) is 18.2. The third kappa shape index (κ3) is 4.42. The summed E-state index contributed by atoms with van der Waals surface area (Å²) in [5.74, 6) is 1.40. The lowest BCUT2D eigenvalue weighted by molar-refractivity contribution is 0.474. The topological polar surface area (TPSA) is 73.8 Å². The van der Waals surface area contributed by atoms with Gasteiger partial charge in [-0.15, -0.1) is 10.2 Å². The van der Waals surface area contributed by atoms with E-state index < -0.39 is 0 Å². The predicted molar refractivity (Wildman–Crippen MR) is 130 cm³/mol. The number of para-hydroxylation sites is 1. The van der Waals surface area contributed by atoms with E-state index in [1.165, 1.54) is 11.8 Å². The van der Waals surface area contributed by atoms with Gasteiger partial charge in [-0.25, -0.2) is 4.98 Å². The van der Waals surface area contributed by atoms with Gasteiger partial charge in [0.2, 0.25) is 11.8 Å². The number of halogens is 1. The number of thioether (sulfide) groups is 1. The molecule has 0 radical (unpaired) electrons. The largest absolute Gasteiger partial charge is 0.424 e. The molecule has 5 aromatic rings. The Labute approximate surface area is 199 Å². The minimum Gasteiger partial charge on any atom is -0.424 e. The monoisotopic (exact) mass is 474 g/mol. The molecule has 2 heterocycles. The molecule has 0 spiro atoms. The van der Waals surface area contributed by atoms with Crippen LogP contribution in [0.1, 0.15) is 22.9 Å². The van der Waals surface area contributed by atoms with Crippen molar-refractivity contribution >= 4 is 34.3 Å². The molecule has 6 nitrogen and oxygen atoms in total. The van der Waals surface area contributed by atoms with E-state index >= 15 is 0 Å². The first-order valence-corrected chi connectivity index (χ1v) is 11.7. The number of rotatable bonds is 6. The maximum atomic E-state index is 13.4. The average Bonchev–Trinajstić information content (AvgIpc) is 3.28. The van der Waals surface area contributed by atoms with Crippen LogP contribution >= 0.6 is 23.4 Å². The fourth-order valence-corrected chi connectivity index (χ4v) is 4.59. The first-order valence-electron chi connectivity index (χ1n) is 10.4. The first kappa shape index (κ1) is 21.4. The molecular weight excluding hydrogens is 456 g/mol. The molecule has 0 unspecified atom stereocenters. The number of hydrogen-bond donors (Lipinski definition) is 0. The van der Waals surface area contributed by atoms with Crippen LogP contribution in [0.25, 0.3) is 16.6 Å². The number of nitrogens with zero attached hydrogens (tertiary/aromatic N) is 4. The lowest BCUT2D eigenvalue weighted by Gasteiger charge is -2.15. The zero-order chi connectivity index (χ0) is 22.8. The van der Waals surface area contributed by atoms with Gasteiger partial charge < -0.3 is 4.42 Å². The van der Waals surface area contributed by atoms with Gasteiger partial charge in [-0.2, -0.15) is 0 Å². The van der Waals surface area contributed by atoms with Gasteiger partial charge in [0.05, 0.1) is 28.8 Å². The smallest absolute Gasteiger partial charge is 0.266 e. The van der Waals surface area contributed by atoms with Crippen molar-refractivity contribution in [3.8, 4) is 5.69 Å². The van der Waals surface area contributed by atoms with Gasteiger partial charge >= 0.3 is 0 Å². The van der Waals surface area contributed by atoms with E-state index in [1.54, 1.807) is 16.7 Å². The van der Waals surface area contributed by atoms with Crippen LogP contribution in [0.15, 0.2) is 87.2 Å². The van der Waals surface area contributed by atoms with Gasteiger partial charge in [-0.3, -0.25) is 9.36 Å². The van der Waals surface area contributed by atoms with E-state index in [0.717, 1.165) is 11.1 Å². The molecule has 2 aromatic heterocycles. The second-order valence-corrected chi connectivity index (χ2v) is 8.83. The van der Waals surface area contributed by atoms with Crippen molar-refractivity contribution in [1.29, 1.82) is 0 Å². The van der Waals surface area contributed by atoms with Crippen LogP contribution in [0.2, 0.25) is 5.02 Å². The molecule has 0 bridgehead atoms. The summed E-state index contributed by atoms with van der Waals surface area (Å²) in [6.07, 6.45) is 0.569. The van der Waals surface area contributed by atoms with Crippen molar-refractivity contribution in [2.24, 2.45) is 0 Å². The molecule has 5 rings (SSSR count). The Bertz CT molecular complexity index is 1500. The van der Waals surface area contributed by atoms with Crippen LogP contribution in [0.4, 0.5) is 0 Å². The molecule has 0 saturated carbocycles. The molecule has 33 heavy (non-hydrogen) atoms. The van der Waals surface area contributed by atoms with E-state index in [1.807, 2.05) is 67.6 Å². The number of fused-ring (bicyclic) bond motifs is 1. The summed E-state index contributed by atoms with van der Waals surface area (Å²) in [5.41, 5.74) is 3.09. The highest BCUT2D eigenvalue weighted by molar-refractivity contribution is 7.98. The second-order valence-electron chi connectivity index (χ2n) is 7.48. The molecule has 0 saturated heterocycles. The standard InChI is InChI=1S/C25H19ClN4O2S/c1-16-19(26)11-7-13-21(16)30-24(31)18-10-5-6-12-20(18)27-25(30)33-15-23-29-28-22(32-23)14-17-8-3-2-4-9-17/h2-13H,14-15H2,1H3. The van der Waals surface area contributed by atoms with E-state index in [4.69, 9.17) is 21.0 Å². The molecule has 0 N–H and O–H groups in total. The molecule has 3 aromatic carbocycles. The maximum Gasteiger partial charge on any atom is 0.266 e. The summed E-state index contributed by atoms with van der Waals surface area (Å²) in [7, 11) is 0. The molecule has 0 amide bonds. The molecule has 0 fully saturated rings. The lowest BCUT2D eigenvalue weighted by Crippen LogP contribution is -2.22. The molecule has 0 aliphatic carbocycles. The maximum absolute atomic E-state index is 13.4. The average molecular weight is 475 g/mol. The fourth-order valence-electron chi connectivity index (χ4n) is 3.57. The second kappa shape index (κ2) is 9.21. The van der Waals surface area contributed by atoms with Crippen LogP contribution in [-0.2, 0) is 12.2 Å². The minimum atomic E-state index is -0.149. The van der Waals surface area contributed by atoms with Crippen LogP contribution in [0.3, 0.4) is 0 Å². The predicted octanol–water partition coefficient (Wildman–Crippen LogP) is 5.61. The summed E-state index contributed by atoms with van der Waals surface area (Å²) in [5, 5.41) is 10.0. The number of benzene rings is 3. The quantitative estimate of drug-likeness (QED) is 0.235. The molecule has 0 atom stereocenters. The van der Waals surface area contributed by atoms with Gasteiger partial charge in [0.1, 0.15) is 0 Å². The summed E-state index contributed by atoms with van der Waals surface area (Å²) < 4.78 is 7.44. The normalized spacial score (nSPS) is 11.2. The van der Waals surface area contributed by atoms with Crippen LogP contribution in [0.5, 0.6) is 0 Å². The Morgan fingerprint density at radius 3 is 2.55 bits per heavy atom. The summed E-state index contributed by atoms with van der Waals surface area (Å²) in [6.45, 7) is 1.89. The van der Waals surface area contributed by atoms with Crippen molar-refractivity contribution in [2.45, 2.75) is 24.3 Å². The van der Waals surface area contributed by atoms with Gasteiger partial charge in [0.25, 0.3) is 5.56 Å². The van der Waals surface area contributed by atoms with Gasteiger partial charge in [-0.05, 0) is 42.3 Å². The highest BCUT2D eigenvalue weighted by Crippen LogP contribution is 2.28. The van der Waals surface area contributed by atoms with E-state index in [9.17, 15) is 4.79 Å². The number of hydrogen-bond acceptors (Lipinski definition) is 6. The third-order valence-corrected chi connectivity index (χ3v) is 6.59.